The van der Waals surface area contributed by atoms with E-state index in [2.05, 4.69) is 16.0 Å². The maximum absolute atomic E-state index is 13.9. The van der Waals surface area contributed by atoms with Crippen LogP contribution in [0.3, 0.4) is 0 Å². The van der Waals surface area contributed by atoms with Crippen LogP contribution >= 0.6 is 0 Å². The van der Waals surface area contributed by atoms with E-state index in [0.29, 0.717) is 24.1 Å². The van der Waals surface area contributed by atoms with Crippen LogP contribution in [0.25, 0.3) is 11.1 Å². The number of urea groups is 1. The van der Waals surface area contributed by atoms with E-state index in [9.17, 15) is 28.3 Å². The molecular weight excluding hydrogens is 516 g/mol. The third kappa shape index (κ3) is 6.83. The standard InChI is InChI=1S/C31H33F2N3O4/c1-17-11-18(2)27(19(3)12-17)36-31(40)34-26-15-21(22-13-23(32)16-24(33)14-22)9-10-25(26)29(37)35-28(30(38)39)20-7-5-4-6-8-20/h9-16,20,28H,4-8H2,1-3H3,(H,35,37)(H,38,39)(H2,34,36,40)/t28-/m0/s1. The van der Waals surface area contributed by atoms with E-state index in [1.807, 2.05) is 32.9 Å². The number of amides is 3. The Morgan fingerprint density at radius 3 is 2.05 bits per heavy atom. The van der Waals surface area contributed by atoms with Crippen molar-refractivity contribution in [3.05, 3.63) is 82.4 Å². The summed E-state index contributed by atoms with van der Waals surface area (Å²) >= 11 is 0. The number of rotatable bonds is 7. The molecule has 1 aliphatic carbocycles. The van der Waals surface area contributed by atoms with Crippen molar-refractivity contribution in [2.24, 2.45) is 5.92 Å². The van der Waals surface area contributed by atoms with Gasteiger partial charge in [0.25, 0.3) is 5.91 Å². The van der Waals surface area contributed by atoms with Crippen LogP contribution < -0.4 is 16.0 Å². The Labute approximate surface area is 232 Å². The van der Waals surface area contributed by atoms with Gasteiger partial charge in [-0.05, 0) is 86.1 Å². The number of carboxylic acid groups (broad SMARTS) is 1. The molecule has 0 aromatic heterocycles. The van der Waals surface area contributed by atoms with Crippen LogP contribution in [0.5, 0.6) is 0 Å². The van der Waals surface area contributed by atoms with Gasteiger partial charge in [0.1, 0.15) is 17.7 Å². The second-order valence-electron chi connectivity index (χ2n) is 10.5. The number of halogens is 2. The van der Waals surface area contributed by atoms with Crippen LogP contribution in [-0.2, 0) is 4.79 Å². The van der Waals surface area contributed by atoms with Gasteiger partial charge in [-0.25, -0.2) is 18.4 Å². The van der Waals surface area contributed by atoms with Gasteiger partial charge in [-0.2, -0.15) is 0 Å². The first-order valence-electron chi connectivity index (χ1n) is 13.3. The molecule has 9 heteroatoms. The number of anilines is 2. The number of nitrogens with one attached hydrogen (secondary N) is 3. The van der Waals surface area contributed by atoms with Crippen molar-refractivity contribution in [3.63, 3.8) is 0 Å². The Hall–Kier alpha value is -4.27. The number of carboxylic acids is 1. The number of aliphatic carboxylic acids is 1. The minimum Gasteiger partial charge on any atom is -0.480 e. The van der Waals surface area contributed by atoms with Gasteiger partial charge in [-0.1, -0.05) is 43.0 Å². The summed E-state index contributed by atoms with van der Waals surface area (Å²) in [5.41, 5.74) is 4.01. The van der Waals surface area contributed by atoms with Gasteiger partial charge in [0, 0.05) is 11.8 Å². The van der Waals surface area contributed by atoms with Crippen LogP contribution in [0.1, 0.15) is 59.2 Å². The van der Waals surface area contributed by atoms with E-state index in [1.54, 1.807) is 0 Å². The molecule has 40 heavy (non-hydrogen) atoms. The Bertz CT molecular complexity index is 1410. The summed E-state index contributed by atoms with van der Waals surface area (Å²) in [7, 11) is 0. The Kier molecular flexibility index (Phi) is 8.82. The lowest BCUT2D eigenvalue weighted by Crippen LogP contribution is -2.46. The molecule has 7 nitrogen and oxygen atoms in total. The minimum absolute atomic E-state index is 0.0233. The molecule has 1 fully saturated rings. The SMILES string of the molecule is Cc1cc(C)c(NC(=O)Nc2cc(-c3cc(F)cc(F)c3)ccc2C(=O)N[C@H](C(=O)O)C2CCCCC2)c(C)c1. The Morgan fingerprint density at radius 2 is 1.45 bits per heavy atom. The van der Waals surface area contributed by atoms with Crippen LogP contribution in [0.15, 0.2) is 48.5 Å². The van der Waals surface area contributed by atoms with Gasteiger partial charge in [-0.15, -0.1) is 0 Å². The fraction of sp³-hybridized carbons (Fsp3) is 0.323. The van der Waals surface area contributed by atoms with E-state index in [1.165, 1.54) is 18.2 Å². The second-order valence-corrected chi connectivity index (χ2v) is 10.5. The van der Waals surface area contributed by atoms with E-state index in [0.717, 1.165) is 54.2 Å². The van der Waals surface area contributed by atoms with E-state index in [-0.39, 0.29) is 22.7 Å². The third-order valence-corrected chi connectivity index (χ3v) is 7.30. The lowest BCUT2D eigenvalue weighted by Gasteiger charge is -2.28. The van der Waals surface area contributed by atoms with E-state index < -0.39 is 35.6 Å². The summed E-state index contributed by atoms with van der Waals surface area (Å²) < 4.78 is 27.9. The van der Waals surface area contributed by atoms with E-state index >= 15 is 0 Å². The lowest BCUT2D eigenvalue weighted by molar-refractivity contribution is -0.141. The zero-order chi connectivity index (χ0) is 29.0. The molecule has 3 aromatic carbocycles. The molecule has 210 valence electrons. The molecule has 0 spiro atoms. The molecule has 0 bridgehead atoms. The highest BCUT2D eigenvalue weighted by Gasteiger charge is 2.31. The number of carbonyl (C=O) groups excluding carboxylic acids is 2. The summed E-state index contributed by atoms with van der Waals surface area (Å²) in [4.78, 5) is 38.6. The average molecular weight is 550 g/mol. The molecular formula is C31H33F2N3O4. The molecule has 0 saturated heterocycles. The number of benzene rings is 3. The topological polar surface area (TPSA) is 108 Å². The summed E-state index contributed by atoms with van der Waals surface area (Å²) in [5.74, 6) is -3.54. The maximum Gasteiger partial charge on any atom is 0.326 e. The first-order valence-corrected chi connectivity index (χ1v) is 13.3. The average Bonchev–Trinajstić information content (AvgIpc) is 2.89. The quantitative estimate of drug-likeness (QED) is 0.255. The molecule has 0 unspecified atom stereocenters. The van der Waals surface area contributed by atoms with Crippen molar-refractivity contribution in [2.75, 3.05) is 10.6 Å². The Morgan fingerprint density at radius 1 is 0.825 bits per heavy atom. The molecule has 1 atom stereocenters. The highest BCUT2D eigenvalue weighted by Crippen LogP contribution is 2.30. The lowest BCUT2D eigenvalue weighted by atomic mass is 9.83. The maximum atomic E-state index is 13.9. The van der Waals surface area contributed by atoms with Gasteiger partial charge in [-0.3, -0.25) is 4.79 Å². The number of hydrogen-bond acceptors (Lipinski definition) is 3. The summed E-state index contributed by atoms with van der Waals surface area (Å²) in [6.07, 6.45) is 4.22. The van der Waals surface area contributed by atoms with Crippen molar-refractivity contribution < 1.29 is 28.3 Å². The zero-order valence-corrected chi connectivity index (χ0v) is 22.7. The number of carbonyl (C=O) groups is 3. The molecule has 1 aliphatic rings. The normalized spacial score (nSPS) is 14.3. The van der Waals surface area contributed by atoms with Crippen LogP contribution in [0, 0.1) is 38.3 Å². The predicted molar refractivity (Wildman–Crippen MR) is 151 cm³/mol. The van der Waals surface area contributed by atoms with Crippen molar-refractivity contribution in [1.82, 2.24) is 5.32 Å². The van der Waals surface area contributed by atoms with Crippen LogP contribution in [-0.4, -0.2) is 29.1 Å². The van der Waals surface area contributed by atoms with Crippen LogP contribution in [0.4, 0.5) is 25.0 Å². The van der Waals surface area contributed by atoms with Crippen LogP contribution in [0.2, 0.25) is 0 Å². The molecule has 3 aromatic rings. The monoisotopic (exact) mass is 549 g/mol. The van der Waals surface area contributed by atoms with Gasteiger partial charge in [0.05, 0.1) is 11.3 Å². The van der Waals surface area contributed by atoms with Crippen molar-refractivity contribution in [1.29, 1.82) is 0 Å². The molecule has 0 radical (unpaired) electrons. The third-order valence-electron chi connectivity index (χ3n) is 7.30. The minimum atomic E-state index is -1.12. The second kappa shape index (κ2) is 12.3. The van der Waals surface area contributed by atoms with Crippen molar-refractivity contribution in [2.45, 2.75) is 58.9 Å². The van der Waals surface area contributed by atoms with Gasteiger partial charge in [0.2, 0.25) is 0 Å². The highest BCUT2D eigenvalue weighted by atomic mass is 19.1. The first-order chi connectivity index (χ1) is 19.0. The largest absolute Gasteiger partial charge is 0.480 e. The van der Waals surface area contributed by atoms with Crippen molar-refractivity contribution in [3.8, 4) is 11.1 Å². The highest BCUT2D eigenvalue weighted by molar-refractivity contribution is 6.08. The van der Waals surface area contributed by atoms with Gasteiger partial charge < -0.3 is 21.1 Å². The Balaban J connectivity index is 1.67. The molecule has 0 heterocycles. The fourth-order valence-electron chi connectivity index (χ4n) is 5.46. The summed E-state index contributed by atoms with van der Waals surface area (Å²) in [5, 5.41) is 18.0. The number of hydrogen-bond donors (Lipinski definition) is 4. The smallest absolute Gasteiger partial charge is 0.326 e. The van der Waals surface area contributed by atoms with E-state index in [4.69, 9.17) is 0 Å². The molecule has 4 N–H and O–H groups in total. The fourth-order valence-corrected chi connectivity index (χ4v) is 5.46. The van der Waals surface area contributed by atoms with Gasteiger partial charge in [0.15, 0.2) is 0 Å². The molecule has 1 saturated carbocycles. The summed E-state index contributed by atoms with van der Waals surface area (Å²) in [6.45, 7) is 5.68. The number of aryl methyl sites for hydroxylation is 3. The predicted octanol–water partition coefficient (Wildman–Crippen LogP) is 6.96. The molecule has 0 aliphatic heterocycles. The summed E-state index contributed by atoms with van der Waals surface area (Å²) in [6, 6.07) is 9.53. The molecule has 3 amide bonds. The first kappa shape index (κ1) is 28.7. The van der Waals surface area contributed by atoms with Gasteiger partial charge >= 0.3 is 12.0 Å². The van der Waals surface area contributed by atoms with Crippen molar-refractivity contribution >= 4 is 29.3 Å². The molecule has 4 rings (SSSR count). The zero-order valence-electron chi connectivity index (χ0n) is 22.7.